The Labute approximate surface area is 154 Å². The lowest BCUT2D eigenvalue weighted by atomic mass is 10.3. The zero-order valence-corrected chi connectivity index (χ0v) is 15.2. The molecule has 2 aromatic carbocycles. The topological polar surface area (TPSA) is 63.2 Å². The zero-order chi connectivity index (χ0) is 17.8. The molecule has 0 bridgehead atoms. The van der Waals surface area contributed by atoms with Gasteiger partial charge in [-0.25, -0.2) is 4.98 Å². The summed E-state index contributed by atoms with van der Waals surface area (Å²) >= 11 is 7.16. The summed E-state index contributed by atoms with van der Waals surface area (Å²) in [5.74, 6) is 0.587. The average molecular weight is 374 g/mol. The Hall–Kier alpha value is -2.57. The number of hydrogen-bond acceptors (Lipinski definition) is 5. The number of methoxy groups -OCH3 is 1. The van der Waals surface area contributed by atoms with Gasteiger partial charge in [0.1, 0.15) is 10.6 Å². The number of halogens is 1. The van der Waals surface area contributed by atoms with E-state index in [9.17, 15) is 4.79 Å². The van der Waals surface area contributed by atoms with Gasteiger partial charge in [0.25, 0.3) is 5.91 Å². The molecular weight excluding hydrogens is 358 g/mol. The number of rotatable bonds is 5. The number of hydrogen-bond donors (Lipinski definition) is 2. The van der Waals surface area contributed by atoms with E-state index in [1.54, 1.807) is 31.4 Å². The molecule has 25 heavy (non-hydrogen) atoms. The van der Waals surface area contributed by atoms with Crippen LogP contribution in [0.5, 0.6) is 5.75 Å². The number of carbonyl (C=O) groups excluding carboxylic acids is 1. The fraction of sp³-hybridized carbons (Fsp3) is 0.111. The minimum Gasteiger partial charge on any atom is -0.497 e. The van der Waals surface area contributed by atoms with E-state index in [-0.39, 0.29) is 5.91 Å². The molecule has 7 heteroatoms. The first kappa shape index (κ1) is 17.3. The van der Waals surface area contributed by atoms with Gasteiger partial charge >= 0.3 is 0 Å². The summed E-state index contributed by atoms with van der Waals surface area (Å²) in [4.78, 5) is 17.4. The van der Waals surface area contributed by atoms with Crippen LogP contribution in [0, 0.1) is 6.92 Å². The zero-order valence-electron chi connectivity index (χ0n) is 13.7. The van der Waals surface area contributed by atoms with Crippen molar-refractivity contribution < 1.29 is 9.53 Å². The number of carbonyl (C=O) groups is 1. The van der Waals surface area contributed by atoms with E-state index in [4.69, 9.17) is 16.3 Å². The highest BCUT2D eigenvalue weighted by atomic mass is 35.5. The molecular formula is C18H16ClN3O2S. The summed E-state index contributed by atoms with van der Waals surface area (Å²) < 4.78 is 5.14. The number of nitrogens with one attached hydrogen (secondary N) is 2. The molecule has 0 atom stereocenters. The first-order chi connectivity index (χ1) is 12.0. The van der Waals surface area contributed by atoms with Crippen molar-refractivity contribution in [3.05, 3.63) is 64.1 Å². The molecule has 5 nitrogen and oxygen atoms in total. The predicted molar refractivity (Wildman–Crippen MR) is 103 cm³/mol. The summed E-state index contributed by atoms with van der Waals surface area (Å²) in [5, 5.41) is 7.32. The van der Waals surface area contributed by atoms with Crippen LogP contribution in [0.1, 0.15) is 15.4 Å². The van der Waals surface area contributed by atoms with Gasteiger partial charge in [0.2, 0.25) is 0 Å². The van der Waals surface area contributed by atoms with Crippen LogP contribution < -0.4 is 15.4 Å². The molecule has 0 aliphatic heterocycles. The van der Waals surface area contributed by atoms with Crippen molar-refractivity contribution in [2.45, 2.75) is 6.92 Å². The van der Waals surface area contributed by atoms with Crippen molar-refractivity contribution in [1.29, 1.82) is 0 Å². The monoisotopic (exact) mass is 373 g/mol. The van der Waals surface area contributed by atoms with Gasteiger partial charge in [0.05, 0.1) is 12.8 Å². The third-order valence-electron chi connectivity index (χ3n) is 3.45. The van der Waals surface area contributed by atoms with Crippen LogP contribution in [0.15, 0.2) is 48.5 Å². The molecule has 0 spiro atoms. The number of anilines is 3. The van der Waals surface area contributed by atoms with E-state index in [1.165, 1.54) is 11.3 Å². The van der Waals surface area contributed by atoms with Crippen molar-refractivity contribution in [1.82, 2.24) is 4.98 Å². The SMILES string of the molecule is COc1ccc(Nc2nc(C)c(C(=O)Nc3ccc(Cl)cc3)s2)cc1. The summed E-state index contributed by atoms with van der Waals surface area (Å²) in [6.07, 6.45) is 0. The normalized spacial score (nSPS) is 10.4. The smallest absolute Gasteiger partial charge is 0.267 e. The van der Waals surface area contributed by atoms with Gasteiger partial charge in [0, 0.05) is 16.4 Å². The lowest BCUT2D eigenvalue weighted by molar-refractivity contribution is 0.103. The molecule has 0 fully saturated rings. The fourth-order valence-electron chi connectivity index (χ4n) is 2.18. The van der Waals surface area contributed by atoms with Crippen molar-refractivity contribution in [3.63, 3.8) is 0 Å². The maximum Gasteiger partial charge on any atom is 0.267 e. The van der Waals surface area contributed by atoms with Crippen LogP contribution >= 0.6 is 22.9 Å². The molecule has 2 N–H and O–H groups in total. The Morgan fingerprint density at radius 2 is 1.72 bits per heavy atom. The highest BCUT2D eigenvalue weighted by molar-refractivity contribution is 7.17. The van der Waals surface area contributed by atoms with Gasteiger partial charge in [-0.05, 0) is 55.5 Å². The summed E-state index contributed by atoms with van der Waals surface area (Å²) in [7, 11) is 1.62. The standard InChI is InChI=1S/C18H16ClN3O2S/c1-11-16(17(23)21-13-5-3-12(19)4-6-13)25-18(20-11)22-14-7-9-15(24-2)10-8-14/h3-10H,1-2H3,(H,20,22)(H,21,23). The highest BCUT2D eigenvalue weighted by Gasteiger charge is 2.15. The molecule has 1 aromatic heterocycles. The summed E-state index contributed by atoms with van der Waals surface area (Å²) in [6.45, 7) is 1.81. The Bertz CT molecular complexity index is 876. The van der Waals surface area contributed by atoms with E-state index in [0.717, 1.165) is 11.4 Å². The Balaban J connectivity index is 1.72. The second-order valence-electron chi connectivity index (χ2n) is 5.25. The predicted octanol–water partition coefficient (Wildman–Crippen LogP) is 5.11. The minimum absolute atomic E-state index is 0.194. The molecule has 128 valence electrons. The van der Waals surface area contributed by atoms with E-state index in [2.05, 4.69) is 15.6 Å². The largest absolute Gasteiger partial charge is 0.497 e. The maximum absolute atomic E-state index is 12.5. The summed E-state index contributed by atoms with van der Waals surface area (Å²) in [5.41, 5.74) is 2.23. The van der Waals surface area contributed by atoms with Gasteiger partial charge in [-0.3, -0.25) is 4.79 Å². The molecule has 0 aliphatic carbocycles. The van der Waals surface area contributed by atoms with Gasteiger partial charge < -0.3 is 15.4 Å². The number of thiazole rings is 1. The molecule has 3 aromatic rings. The fourth-order valence-corrected chi connectivity index (χ4v) is 3.19. The number of nitrogens with zero attached hydrogens (tertiary/aromatic N) is 1. The lowest BCUT2D eigenvalue weighted by Crippen LogP contribution is -2.11. The third kappa shape index (κ3) is 4.29. The number of benzene rings is 2. The van der Waals surface area contributed by atoms with Crippen molar-refractivity contribution in [2.24, 2.45) is 0 Å². The van der Waals surface area contributed by atoms with Crippen LogP contribution in [0.25, 0.3) is 0 Å². The number of amides is 1. The van der Waals surface area contributed by atoms with E-state index >= 15 is 0 Å². The van der Waals surface area contributed by atoms with Crippen molar-refractivity contribution >= 4 is 45.4 Å². The number of aryl methyl sites for hydroxylation is 1. The van der Waals surface area contributed by atoms with Gasteiger partial charge in [-0.15, -0.1) is 0 Å². The highest BCUT2D eigenvalue weighted by Crippen LogP contribution is 2.27. The Morgan fingerprint density at radius 1 is 1.08 bits per heavy atom. The van der Waals surface area contributed by atoms with Crippen LogP contribution in [-0.2, 0) is 0 Å². The first-order valence-corrected chi connectivity index (χ1v) is 8.70. The Morgan fingerprint density at radius 3 is 2.36 bits per heavy atom. The number of aromatic nitrogens is 1. The molecule has 0 saturated carbocycles. The van der Waals surface area contributed by atoms with Crippen LogP contribution in [-0.4, -0.2) is 18.0 Å². The molecule has 1 amide bonds. The van der Waals surface area contributed by atoms with Crippen LogP contribution in [0.3, 0.4) is 0 Å². The van der Waals surface area contributed by atoms with Gasteiger partial charge in [-0.2, -0.15) is 0 Å². The van der Waals surface area contributed by atoms with E-state index in [1.807, 2.05) is 31.2 Å². The first-order valence-electron chi connectivity index (χ1n) is 7.50. The summed E-state index contributed by atoms with van der Waals surface area (Å²) in [6, 6.07) is 14.5. The molecule has 0 radical (unpaired) electrons. The number of ether oxygens (including phenoxy) is 1. The van der Waals surface area contributed by atoms with Gasteiger partial charge in [-0.1, -0.05) is 22.9 Å². The van der Waals surface area contributed by atoms with Crippen LogP contribution in [0.4, 0.5) is 16.5 Å². The molecule has 0 aliphatic rings. The van der Waals surface area contributed by atoms with E-state index in [0.29, 0.717) is 26.4 Å². The second kappa shape index (κ2) is 7.55. The van der Waals surface area contributed by atoms with Gasteiger partial charge in [0.15, 0.2) is 5.13 Å². The molecule has 1 heterocycles. The lowest BCUT2D eigenvalue weighted by Gasteiger charge is -2.04. The maximum atomic E-state index is 12.5. The van der Waals surface area contributed by atoms with Crippen molar-refractivity contribution in [2.75, 3.05) is 17.7 Å². The Kier molecular flexibility index (Phi) is 5.21. The molecule has 0 saturated heterocycles. The molecule has 3 rings (SSSR count). The third-order valence-corrected chi connectivity index (χ3v) is 4.77. The molecule has 0 unspecified atom stereocenters. The average Bonchev–Trinajstić information content (AvgIpc) is 2.98. The minimum atomic E-state index is -0.194. The van der Waals surface area contributed by atoms with E-state index < -0.39 is 0 Å². The van der Waals surface area contributed by atoms with Crippen LogP contribution in [0.2, 0.25) is 5.02 Å². The quantitative estimate of drug-likeness (QED) is 0.652. The second-order valence-corrected chi connectivity index (χ2v) is 6.68. The van der Waals surface area contributed by atoms with Crippen molar-refractivity contribution in [3.8, 4) is 5.75 Å².